The second-order valence-electron chi connectivity index (χ2n) is 4.60. The molecule has 1 N–H and O–H groups in total. The molecule has 0 atom stereocenters. The van der Waals surface area contributed by atoms with Crippen LogP contribution in [-0.2, 0) is 0 Å². The van der Waals surface area contributed by atoms with Crippen molar-refractivity contribution in [1.29, 1.82) is 0 Å². The average Bonchev–Trinajstić information content (AvgIpc) is 2.74. The van der Waals surface area contributed by atoms with Gasteiger partial charge in [0.2, 0.25) is 0 Å². The first-order valence-corrected chi connectivity index (χ1v) is 7.35. The lowest BCUT2D eigenvalue weighted by Crippen LogP contribution is -1.98. The molecular weight excluding hydrogens is 336 g/mol. The fourth-order valence-electron chi connectivity index (χ4n) is 2.29. The van der Waals surface area contributed by atoms with Gasteiger partial charge in [-0.25, -0.2) is 0 Å². The monoisotopic (exact) mass is 348 g/mol. The van der Waals surface area contributed by atoms with Gasteiger partial charge in [0.25, 0.3) is 0 Å². The Morgan fingerprint density at radius 3 is 2.75 bits per heavy atom. The number of rotatable bonds is 2. The molecular formula is C15H13BrN2OS. The Kier molecular flexibility index (Phi) is 3.40. The van der Waals surface area contributed by atoms with E-state index in [9.17, 15) is 0 Å². The summed E-state index contributed by atoms with van der Waals surface area (Å²) in [5.41, 5.74) is 4.17. The van der Waals surface area contributed by atoms with E-state index in [4.69, 9.17) is 17.0 Å². The van der Waals surface area contributed by atoms with Gasteiger partial charge < -0.3 is 9.72 Å². The molecule has 0 unspecified atom stereocenters. The molecule has 5 heteroatoms. The van der Waals surface area contributed by atoms with Crippen LogP contribution in [0.25, 0.3) is 16.7 Å². The Hall–Kier alpha value is -1.59. The summed E-state index contributed by atoms with van der Waals surface area (Å²) >= 11 is 8.97. The highest BCUT2D eigenvalue weighted by Gasteiger charge is 2.11. The van der Waals surface area contributed by atoms with Gasteiger partial charge in [-0.3, -0.25) is 4.57 Å². The Balaban J connectivity index is 2.40. The lowest BCUT2D eigenvalue weighted by Gasteiger charge is -2.11. The van der Waals surface area contributed by atoms with Crippen molar-refractivity contribution < 1.29 is 4.74 Å². The number of aromatic amines is 1. The van der Waals surface area contributed by atoms with Gasteiger partial charge in [-0.15, -0.1) is 0 Å². The lowest BCUT2D eigenvalue weighted by molar-refractivity contribution is 0.413. The Labute approximate surface area is 130 Å². The van der Waals surface area contributed by atoms with Crippen molar-refractivity contribution in [2.24, 2.45) is 0 Å². The first-order chi connectivity index (χ1) is 9.60. The van der Waals surface area contributed by atoms with Gasteiger partial charge in [-0.2, -0.15) is 0 Å². The van der Waals surface area contributed by atoms with Crippen LogP contribution in [0.15, 0.2) is 40.9 Å². The quantitative estimate of drug-likeness (QED) is 0.676. The molecule has 2 aromatic carbocycles. The number of aromatic nitrogens is 2. The first kappa shape index (κ1) is 13.4. The van der Waals surface area contributed by atoms with Crippen LogP contribution in [0, 0.1) is 11.7 Å². The molecule has 0 bridgehead atoms. The van der Waals surface area contributed by atoms with Crippen LogP contribution < -0.4 is 4.74 Å². The van der Waals surface area contributed by atoms with Crippen LogP contribution in [0.3, 0.4) is 0 Å². The van der Waals surface area contributed by atoms with Crippen molar-refractivity contribution in [3.05, 3.63) is 51.2 Å². The molecule has 0 aliphatic rings. The Bertz CT molecular complexity index is 851. The Morgan fingerprint density at radius 2 is 2.00 bits per heavy atom. The highest BCUT2D eigenvalue weighted by Crippen LogP contribution is 2.30. The van der Waals surface area contributed by atoms with Crippen LogP contribution >= 0.6 is 28.1 Å². The largest absolute Gasteiger partial charge is 0.495 e. The van der Waals surface area contributed by atoms with E-state index in [-0.39, 0.29) is 0 Å². The van der Waals surface area contributed by atoms with E-state index in [0.29, 0.717) is 4.77 Å². The predicted molar refractivity (Wildman–Crippen MR) is 87.4 cm³/mol. The van der Waals surface area contributed by atoms with Crippen LogP contribution in [0.5, 0.6) is 5.75 Å². The predicted octanol–water partition coefficient (Wildman–Crippen LogP) is 4.77. The summed E-state index contributed by atoms with van der Waals surface area (Å²) in [6.45, 7) is 2.07. The van der Waals surface area contributed by atoms with Gasteiger partial charge >= 0.3 is 0 Å². The molecule has 0 aliphatic heterocycles. The standard InChI is InChI=1S/C15H13BrN2OS/c1-9-3-5-11-12(7-9)18(15(20)17-11)13-8-10(16)4-6-14(13)19-2/h3-8H,1-2H3,(H,17,20). The van der Waals surface area contributed by atoms with Gasteiger partial charge in [-0.1, -0.05) is 22.0 Å². The van der Waals surface area contributed by atoms with Crippen molar-refractivity contribution in [3.63, 3.8) is 0 Å². The number of hydrogen-bond acceptors (Lipinski definition) is 2. The van der Waals surface area contributed by atoms with Gasteiger partial charge in [-0.05, 0) is 55.0 Å². The molecule has 0 amide bonds. The minimum Gasteiger partial charge on any atom is -0.495 e. The summed E-state index contributed by atoms with van der Waals surface area (Å²) in [6.07, 6.45) is 0. The van der Waals surface area contributed by atoms with E-state index in [1.165, 1.54) is 5.56 Å². The Morgan fingerprint density at radius 1 is 1.20 bits per heavy atom. The fraction of sp³-hybridized carbons (Fsp3) is 0.133. The molecule has 20 heavy (non-hydrogen) atoms. The number of nitrogens with zero attached hydrogens (tertiary/aromatic N) is 1. The van der Waals surface area contributed by atoms with E-state index in [1.807, 2.05) is 28.8 Å². The summed E-state index contributed by atoms with van der Waals surface area (Å²) in [4.78, 5) is 3.23. The van der Waals surface area contributed by atoms with Crippen molar-refractivity contribution in [2.75, 3.05) is 7.11 Å². The van der Waals surface area contributed by atoms with Crippen molar-refractivity contribution in [1.82, 2.24) is 9.55 Å². The van der Waals surface area contributed by atoms with Crippen LogP contribution in [-0.4, -0.2) is 16.7 Å². The summed E-state index contributed by atoms with van der Waals surface area (Å²) in [7, 11) is 1.66. The summed E-state index contributed by atoms with van der Waals surface area (Å²) < 4.78 is 9.10. The van der Waals surface area contributed by atoms with Gasteiger partial charge in [0.1, 0.15) is 5.75 Å². The maximum atomic E-state index is 5.47. The zero-order chi connectivity index (χ0) is 14.3. The summed E-state index contributed by atoms with van der Waals surface area (Å²) in [5.74, 6) is 0.784. The molecule has 3 aromatic rings. The molecule has 1 aromatic heterocycles. The van der Waals surface area contributed by atoms with E-state index in [2.05, 4.69) is 40.0 Å². The molecule has 0 aliphatic carbocycles. The summed E-state index contributed by atoms with van der Waals surface area (Å²) in [5, 5.41) is 0. The smallest absolute Gasteiger partial charge is 0.182 e. The SMILES string of the molecule is COc1ccc(Br)cc1-n1c(=S)[nH]c2ccc(C)cc21. The van der Waals surface area contributed by atoms with Crippen molar-refractivity contribution in [3.8, 4) is 11.4 Å². The van der Waals surface area contributed by atoms with Crippen molar-refractivity contribution >= 4 is 39.2 Å². The van der Waals surface area contributed by atoms with Crippen LogP contribution in [0.2, 0.25) is 0 Å². The minimum absolute atomic E-state index is 0.655. The number of halogens is 1. The number of imidazole rings is 1. The molecule has 0 radical (unpaired) electrons. The van der Waals surface area contributed by atoms with E-state index >= 15 is 0 Å². The number of hydrogen-bond donors (Lipinski definition) is 1. The third-order valence-electron chi connectivity index (χ3n) is 3.22. The number of ether oxygens (including phenoxy) is 1. The molecule has 0 saturated heterocycles. The number of aryl methyl sites for hydroxylation is 1. The maximum absolute atomic E-state index is 5.47. The normalized spacial score (nSPS) is 10.9. The molecule has 3 nitrogen and oxygen atoms in total. The van der Waals surface area contributed by atoms with Crippen molar-refractivity contribution in [2.45, 2.75) is 6.92 Å². The second kappa shape index (κ2) is 5.07. The number of fused-ring (bicyclic) bond motifs is 1. The zero-order valence-electron chi connectivity index (χ0n) is 11.1. The second-order valence-corrected chi connectivity index (χ2v) is 5.90. The minimum atomic E-state index is 0.655. The number of H-pyrrole nitrogens is 1. The van der Waals surface area contributed by atoms with Gasteiger partial charge in [0, 0.05) is 4.47 Å². The van der Waals surface area contributed by atoms with E-state index in [1.54, 1.807) is 7.11 Å². The molecule has 102 valence electrons. The zero-order valence-corrected chi connectivity index (χ0v) is 13.5. The van der Waals surface area contributed by atoms with E-state index in [0.717, 1.165) is 26.9 Å². The molecule has 0 fully saturated rings. The van der Waals surface area contributed by atoms with E-state index < -0.39 is 0 Å². The average molecular weight is 349 g/mol. The molecule has 0 spiro atoms. The first-order valence-electron chi connectivity index (χ1n) is 6.15. The fourth-order valence-corrected chi connectivity index (χ4v) is 2.95. The molecule has 1 heterocycles. The number of nitrogens with one attached hydrogen (secondary N) is 1. The van der Waals surface area contributed by atoms with Crippen LogP contribution in [0.4, 0.5) is 0 Å². The third kappa shape index (κ3) is 2.17. The lowest BCUT2D eigenvalue weighted by atomic mass is 10.2. The molecule has 3 rings (SSSR count). The molecule has 0 saturated carbocycles. The highest BCUT2D eigenvalue weighted by atomic mass is 79.9. The summed E-state index contributed by atoms with van der Waals surface area (Å²) in [6, 6.07) is 12.1. The number of methoxy groups -OCH3 is 1. The third-order valence-corrected chi connectivity index (χ3v) is 4.00. The van der Waals surface area contributed by atoms with Crippen LogP contribution in [0.1, 0.15) is 5.56 Å². The number of benzene rings is 2. The topological polar surface area (TPSA) is 29.9 Å². The van der Waals surface area contributed by atoms with Gasteiger partial charge in [0.15, 0.2) is 4.77 Å². The maximum Gasteiger partial charge on any atom is 0.182 e. The van der Waals surface area contributed by atoms with Gasteiger partial charge in [0.05, 0.1) is 23.8 Å². The highest BCUT2D eigenvalue weighted by molar-refractivity contribution is 9.10.